The molecule has 1 aromatic heterocycles. The molecule has 0 amide bonds. The number of thiocarbonyl (C=S) groups is 1. The van der Waals surface area contributed by atoms with Crippen molar-refractivity contribution in [3.63, 3.8) is 0 Å². The zero-order chi connectivity index (χ0) is 21.8. The van der Waals surface area contributed by atoms with Crippen molar-refractivity contribution in [1.82, 2.24) is 15.0 Å². The molecular formula is C24H21FN4OS. The summed E-state index contributed by atoms with van der Waals surface area (Å²) in [5.74, 6) is 0.422. The Labute approximate surface area is 185 Å². The first-order valence-electron chi connectivity index (χ1n) is 9.71. The van der Waals surface area contributed by atoms with Gasteiger partial charge in [0.25, 0.3) is 0 Å². The molecule has 1 heterocycles. The third kappa shape index (κ3) is 3.92. The van der Waals surface area contributed by atoms with Crippen molar-refractivity contribution in [2.24, 2.45) is 0 Å². The quantitative estimate of drug-likeness (QED) is 0.324. The summed E-state index contributed by atoms with van der Waals surface area (Å²) in [6.45, 7) is 4.05. The van der Waals surface area contributed by atoms with E-state index >= 15 is 0 Å². The summed E-state index contributed by atoms with van der Waals surface area (Å²) in [6.07, 6.45) is 1.91. The van der Waals surface area contributed by atoms with Gasteiger partial charge in [0.15, 0.2) is 0 Å². The maximum Gasteiger partial charge on any atom is 0.137 e. The number of nitrogens with one attached hydrogen (secondary N) is 1. The van der Waals surface area contributed by atoms with Gasteiger partial charge in [-0.2, -0.15) is 0 Å². The molecule has 156 valence electrons. The molecule has 0 spiro atoms. The molecule has 0 saturated heterocycles. The summed E-state index contributed by atoms with van der Waals surface area (Å²) in [6, 6.07) is 21.6. The zero-order valence-corrected chi connectivity index (χ0v) is 17.8. The molecule has 0 radical (unpaired) electrons. The lowest BCUT2D eigenvalue weighted by Gasteiger charge is -2.32. The summed E-state index contributed by atoms with van der Waals surface area (Å²) >= 11 is 5.86. The molecule has 1 atom stereocenters. The largest absolute Gasteiger partial charge is 0.497 e. The van der Waals surface area contributed by atoms with E-state index in [4.69, 9.17) is 17.0 Å². The van der Waals surface area contributed by atoms with Crippen LogP contribution >= 0.6 is 12.2 Å². The number of hydrogen-bond donors (Lipinski definition) is 1. The molecule has 0 bridgehead atoms. The number of fused-ring (bicyclic) bond motifs is 1. The average molecular weight is 433 g/mol. The fourth-order valence-corrected chi connectivity index (χ4v) is 3.87. The summed E-state index contributed by atoms with van der Waals surface area (Å²) in [7, 11) is 1.61. The number of hydrogen-bond acceptors (Lipinski definition) is 4. The van der Waals surface area contributed by atoms with Crippen LogP contribution in [-0.2, 0) is 12.0 Å². The minimum Gasteiger partial charge on any atom is -0.497 e. The molecule has 31 heavy (non-hydrogen) atoms. The van der Waals surface area contributed by atoms with Gasteiger partial charge in [-0.25, -0.2) is 9.07 Å². The summed E-state index contributed by atoms with van der Waals surface area (Å²) in [5.41, 5.74) is 1.72. The normalized spacial score (nSPS) is 12.8. The maximum absolute atomic E-state index is 14.6. The van der Waals surface area contributed by atoms with Crippen molar-refractivity contribution in [3.05, 3.63) is 96.8 Å². The maximum atomic E-state index is 14.6. The topological polar surface area (TPSA) is 52.0 Å². The second kappa shape index (κ2) is 8.65. The summed E-state index contributed by atoms with van der Waals surface area (Å²) < 4.78 is 21.6. The molecule has 1 N–H and O–H groups in total. The number of methoxy groups -OCH3 is 1. The van der Waals surface area contributed by atoms with Crippen LogP contribution in [0.5, 0.6) is 5.75 Å². The van der Waals surface area contributed by atoms with E-state index in [1.807, 2.05) is 48.5 Å². The molecule has 3 aromatic carbocycles. The van der Waals surface area contributed by atoms with E-state index in [0.717, 1.165) is 22.5 Å². The highest BCUT2D eigenvalue weighted by atomic mass is 32.1. The Hall–Kier alpha value is -3.58. The lowest BCUT2D eigenvalue weighted by Crippen LogP contribution is -2.45. The van der Waals surface area contributed by atoms with E-state index in [1.165, 1.54) is 6.07 Å². The van der Waals surface area contributed by atoms with E-state index in [-0.39, 0.29) is 12.2 Å². The highest BCUT2D eigenvalue weighted by Gasteiger charge is 2.38. The van der Waals surface area contributed by atoms with Crippen LogP contribution in [0.2, 0.25) is 0 Å². The third-order valence-electron chi connectivity index (χ3n) is 5.23. The number of aromatic nitrogens is 3. The number of para-hydroxylation sites is 1. The van der Waals surface area contributed by atoms with Gasteiger partial charge < -0.3 is 10.1 Å². The van der Waals surface area contributed by atoms with E-state index in [9.17, 15) is 4.39 Å². The average Bonchev–Trinajstić information content (AvgIpc) is 3.24. The summed E-state index contributed by atoms with van der Waals surface area (Å²) in [5, 5.41) is 11.9. The van der Waals surface area contributed by atoms with E-state index in [1.54, 1.807) is 36.1 Å². The molecule has 7 heteroatoms. The molecule has 0 saturated carbocycles. The number of ether oxygens (including phenoxy) is 1. The molecule has 4 aromatic rings. The Balaban J connectivity index is 1.81. The van der Waals surface area contributed by atoms with Gasteiger partial charge in [-0.3, -0.25) is 0 Å². The molecule has 1 unspecified atom stereocenters. The Morgan fingerprint density at radius 1 is 1.13 bits per heavy atom. The van der Waals surface area contributed by atoms with Gasteiger partial charge >= 0.3 is 0 Å². The lowest BCUT2D eigenvalue weighted by atomic mass is 9.89. The van der Waals surface area contributed by atoms with Crippen LogP contribution in [0, 0.1) is 5.82 Å². The van der Waals surface area contributed by atoms with Crippen LogP contribution in [0.1, 0.15) is 5.56 Å². The first-order valence-corrected chi connectivity index (χ1v) is 10.1. The van der Waals surface area contributed by atoms with Gasteiger partial charge in [-0.05, 0) is 48.0 Å². The van der Waals surface area contributed by atoms with Crippen molar-refractivity contribution in [2.45, 2.75) is 12.0 Å². The smallest absolute Gasteiger partial charge is 0.137 e. The predicted octanol–water partition coefficient (Wildman–Crippen LogP) is 5.14. The van der Waals surface area contributed by atoms with Crippen molar-refractivity contribution in [1.29, 1.82) is 0 Å². The van der Waals surface area contributed by atoms with Gasteiger partial charge in [-0.1, -0.05) is 53.8 Å². The first-order chi connectivity index (χ1) is 15.1. The van der Waals surface area contributed by atoms with Gasteiger partial charge in [-0.15, -0.1) is 11.7 Å². The number of rotatable bonds is 7. The standard InChI is InChI=1S/C24H21FN4OS/c1-3-24(16-17-8-4-5-9-20(17)25,29-22-11-7-6-10-21(22)27-28-29)23(31)26-18-12-14-19(30-2)15-13-18/h3-15H,1,16H2,2H3,(H,26,31). The van der Waals surface area contributed by atoms with Crippen molar-refractivity contribution in [2.75, 3.05) is 12.4 Å². The van der Waals surface area contributed by atoms with Crippen molar-refractivity contribution >= 4 is 33.9 Å². The number of benzene rings is 3. The molecule has 0 aliphatic carbocycles. The van der Waals surface area contributed by atoms with Gasteiger partial charge in [0.05, 0.1) is 12.6 Å². The zero-order valence-electron chi connectivity index (χ0n) is 17.0. The van der Waals surface area contributed by atoms with Crippen LogP contribution in [0.25, 0.3) is 11.0 Å². The number of anilines is 1. The van der Waals surface area contributed by atoms with E-state index in [0.29, 0.717) is 10.6 Å². The fraction of sp³-hybridized carbons (Fsp3) is 0.125. The van der Waals surface area contributed by atoms with Crippen molar-refractivity contribution < 1.29 is 9.13 Å². The molecule has 0 aliphatic rings. The number of halogens is 1. The number of nitrogens with zero attached hydrogens (tertiary/aromatic N) is 3. The first kappa shape index (κ1) is 20.7. The Morgan fingerprint density at radius 3 is 2.55 bits per heavy atom. The fourth-order valence-electron chi connectivity index (χ4n) is 3.51. The highest BCUT2D eigenvalue weighted by molar-refractivity contribution is 7.80. The Morgan fingerprint density at radius 2 is 1.84 bits per heavy atom. The molecule has 0 fully saturated rings. The van der Waals surface area contributed by atoms with Gasteiger partial charge in [0, 0.05) is 12.1 Å². The highest BCUT2D eigenvalue weighted by Crippen LogP contribution is 2.31. The van der Waals surface area contributed by atoms with E-state index in [2.05, 4.69) is 22.2 Å². The minimum absolute atomic E-state index is 0.221. The second-order valence-electron chi connectivity index (χ2n) is 7.07. The monoisotopic (exact) mass is 432 g/mol. The molecule has 0 aliphatic heterocycles. The molecule has 5 nitrogen and oxygen atoms in total. The Kier molecular flexibility index (Phi) is 5.77. The van der Waals surface area contributed by atoms with E-state index < -0.39 is 5.54 Å². The minimum atomic E-state index is -1.05. The second-order valence-corrected chi connectivity index (χ2v) is 7.48. The Bertz CT molecular complexity index is 1240. The summed E-state index contributed by atoms with van der Waals surface area (Å²) in [4.78, 5) is 0.423. The molecular weight excluding hydrogens is 411 g/mol. The van der Waals surface area contributed by atoms with Gasteiger partial charge in [0.2, 0.25) is 0 Å². The van der Waals surface area contributed by atoms with Crippen LogP contribution in [0.3, 0.4) is 0 Å². The van der Waals surface area contributed by atoms with Crippen LogP contribution in [-0.4, -0.2) is 27.1 Å². The lowest BCUT2D eigenvalue weighted by molar-refractivity contribution is 0.415. The SMILES string of the molecule is C=CC(Cc1ccccc1F)(C(=S)Nc1ccc(OC)cc1)n1nnc2ccccc21. The third-order valence-corrected chi connectivity index (χ3v) is 5.68. The predicted molar refractivity (Wildman–Crippen MR) is 125 cm³/mol. The molecule has 4 rings (SSSR count). The van der Waals surface area contributed by atoms with Crippen LogP contribution in [0.4, 0.5) is 10.1 Å². The van der Waals surface area contributed by atoms with Crippen molar-refractivity contribution in [3.8, 4) is 5.75 Å². The van der Waals surface area contributed by atoms with Gasteiger partial charge in [0.1, 0.15) is 27.6 Å². The van der Waals surface area contributed by atoms with Crippen LogP contribution < -0.4 is 10.1 Å². The van der Waals surface area contributed by atoms with Crippen LogP contribution in [0.15, 0.2) is 85.5 Å².